The van der Waals surface area contributed by atoms with Gasteiger partial charge >= 0.3 is 0 Å². The van der Waals surface area contributed by atoms with Crippen molar-refractivity contribution in [1.29, 1.82) is 0 Å². The van der Waals surface area contributed by atoms with Crippen LogP contribution in [0.4, 0.5) is 11.4 Å². The maximum absolute atomic E-state index is 14.3. The van der Waals surface area contributed by atoms with Crippen molar-refractivity contribution in [2.24, 2.45) is 0 Å². The van der Waals surface area contributed by atoms with Gasteiger partial charge in [-0.15, -0.1) is 0 Å². The smallest absolute Gasteiger partial charge is 0.259 e. The predicted octanol–water partition coefficient (Wildman–Crippen LogP) is 6.50. The van der Waals surface area contributed by atoms with Gasteiger partial charge in [-0.3, -0.25) is 14.5 Å². The normalized spacial score (nSPS) is 16.0. The third kappa shape index (κ3) is 5.26. The van der Waals surface area contributed by atoms with Crippen LogP contribution < -0.4 is 29.2 Å². The van der Waals surface area contributed by atoms with Crippen LogP contribution in [-0.2, 0) is 4.79 Å². The van der Waals surface area contributed by atoms with E-state index in [-0.39, 0.29) is 11.8 Å². The number of halogens is 1. The molecule has 0 saturated heterocycles. The number of nitrogens with one attached hydrogen (secondary N) is 1. The van der Waals surface area contributed by atoms with Crippen LogP contribution in [0.2, 0.25) is 5.02 Å². The monoisotopic (exact) mass is 572 g/mol. The van der Waals surface area contributed by atoms with Crippen LogP contribution in [0.15, 0.2) is 84.9 Å². The minimum atomic E-state index is -0.801. The number of ether oxygens (including phenoxy) is 4. The van der Waals surface area contributed by atoms with Gasteiger partial charge in [-0.05, 0) is 59.7 Å². The minimum Gasteiger partial charge on any atom is -0.497 e. The first kappa shape index (κ1) is 27.9. The Morgan fingerprint density at radius 1 is 0.780 bits per heavy atom. The summed E-state index contributed by atoms with van der Waals surface area (Å²) in [6.45, 7) is 0. The lowest BCUT2D eigenvalue weighted by Crippen LogP contribution is -2.46. The van der Waals surface area contributed by atoms with Crippen LogP contribution >= 0.6 is 11.6 Å². The van der Waals surface area contributed by atoms with Crippen LogP contribution in [0.1, 0.15) is 33.4 Å². The van der Waals surface area contributed by atoms with Gasteiger partial charge in [-0.2, -0.15) is 0 Å². The lowest BCUT2D eigenvalue weighted by Gasteiger charge is -2.42. The Morgan fingerprint density at radius 2 is 1.39 bits per heavy atom. The molecule has 4 aromatic carbocycles. The van der Waals surface area contributed by atoms with Gasteiger partial charge in [-0.1, -0.05) is 41.9 Å². The quantitative estimate of drug-likeness (QED) is 0.259. The summed E-state index contributed by atoms with van der Waals surface area (Å²) in [7, 11) is 6.17. The number of carbonyl (C=O) groups excluding carboxylic acids is 2. The van der Waals surface area contributed by atoms with Gasteiger partial charge in [0, 0.05) is 17.3 Å². The van der Waals surface area contributed by atoms with E-state index < -0.39 is 12.0 Å². The van der Waals surface area contributed by atoms with E-state index in [2.05, 4.69) is 5.32 Å². The molecule has 1 aliphatic rings. The van der Waals surface area contributed by atoms with Crippen molar-refractivity contribution in [2.45, 2.75) is 12.0 Å². The van der Waals surface area contributed by atoms with Crippen LogP contribution in [0.3, 0.4) is 0 Å². The first-order chi connectivity index (χ1) is 19.9. The second-order valence-corrected chi connectivity index (χ2v) is 9.74. The number of amides is 2. The molecule has 8 nitrogen and oxygen atoms in total. The zero-order valence-corrected chi connectivity index (χ0v) is 23.8. The molecular formula is C32H29ClN2O6. The molecule has 210 valence electrons. The van der Waals surface area contributed by atoms with Crippen molar-refractivity contribution in [1.82, 2.24) is 0 Å². The van der Waals surface area contributed by atoms with Crippen LogP contribution in [0, 0.1) is 0 Å². The summed E-state index contributed by atoms with van der Waals surface area (Å²) >= 11 is 6.40. The first-order valence-corrected chi connectivity index (χ1v) is 13.2. The van der Waals surface area contributed by atoms with E-state index in [1.54, 1.807) is 55.5 Å². The molecule has 41 heavy (non-hydrogen) atoms. The molecule has 0 aliphatic carbocycles. The molecule has 5 rings (SSSR count). The number of rotatable bonds is 8. The third-order valence-corrected chi connectivity index (χ3v) is 7.46. The Bertz CT molecular complexity index is 1570. The number of carbonyl (C=O) groups is 2. The van der Waals surface area contributed by atoms with Gasteiger partial charge in [0.1, 0.15) is 23.0 Å². The van der Waals surface area contributed by atoms with Gasteiger partial charge in [0.2, 0.25) is 5.91 Å². The van der Waals surface area contributed by atoms with Crippen molar-refractivity contribution in [3.63, 3.8) is 0 Å². The number of hydrogen-bond donors (Lipinski definition) is 1. The average molecular weight is 573 g/mol. The molecule has 4 aromatic rings. The molecule has 1 aliphatic heterocycles. The Hall–Kier alpha value is -4.69. The predicted molar refractivity (Wildman–Crippen MR) is 158 cm³/mol. The van der Waals surface area contributed by atoms with Crippen molar-refractivity contribution < 1.29 is 28.5 Å². The van der Waals surface area contributed by atoms with E-state index in [0.29, 0.717) is 50.5 Å². The fraction of sp³-hybridized carbons (Fsp3) is 0.188. The maximum atomic E-state index is 14.3. The fourth-order valence-electron chi connectivity index (χ4n) is 5.15. The number of fused-ring (bicyclic) bond motifs is 1. The highest BCUT2D eigenvalue weighted by atomic mass is 35.5. The number of benzene rings is 4. The van der Waals surface area contributed by atoms with Crippen molar-refractivity contribution in [3.8, 4) is 23.0 Å². The second kappa shape index (κ2) is 11.8. The van der Waals surface area contributed by atoms with E-state index in [9.17, 15) is 9.59 Å². The SMILES string of the molecule is COc1ccc(C2C(C(=O)Nc3cc(Cl)c(OC)cc3OC)c3ccccc3C(=O)N2c2ccc(OC)cc2)cc1. The molecule has 0 aromatic heterocycles. The molecule has 0 radical (unpaired) electrons. The van der Waals surface area contributed by atoms with Crippen molar-refractivity contribution in [2.75, 3.05) is 38.7 Å². The Morgan fingerprint density at radius 3 is 2.00 bits per heavy atom. The molecule has 2 atom stereocenters. The lowest BCUT2D eigenvalue weighted by atomic mass is 9.78. The number of anilines is 2. The fourth-order valence-corrected chi connectivity index (χ4v) is 5.40. The Kier molecular flexibility index (Phi) is 8.03. The molecule has 2 unspecified atom stereocenters. The summed E-state index contributed by atoms with van der Waals surface area (Å²) in [6.07, 6.45) is 0. The highest BCUT2D eigenvalue weighted by Crippen LogP contribution is 2.46. The Balaban J connectivity index is 1.68. The van der Waals surface area contributed by atoms with Crippen molar-refractivity contribution in [3.05, 3.63) is 107 Å². The molecule has 1 heterocycles. The van der Waals surface area contributed by atoms with Crippen LogP contribution in [-0.4, -0.2) is 40.3 Å². The molecular weight excluding hydrogens is 544 g/mol. The van der Waals surface area contributed by atoms with E-state index >= 15 is 0 Å². The maximum Gasteiger partial charge on any atom is 0.259 e. The topological polar surface area (TPSA) is 86.3 Å². The highest BCUT2D eigenvalue weighted by Gasteiger charge is 2.45. The number of hydrogen-bond acceptors (Lipinski definition) is 6. The summed E-state index contributed by atoms with van der Waals surface area (Å²) < 4.78 is 21.5. The summed E-state index contributed by atoms with van der Waals surface area (Å²) in [5.74, 6) is 0.738. The summed E-state index contributed by atoms with van der Waals surface area (Å²) in [4.78, 5) is 30.1. The molecule has 0 saturated carbocycles. The first-order valence-electron chi connectivity index (χ1n) is 12.8. The largest absolute Gasteiger partial charge is 0.497 e. The van der Waals surface area contributed by atoms with Gasteiger partial charge < -0.3 is 24.3 Å². The number of methoxy groups -OCH3 is 4. The van der Waals surface area contributed by atoms with Gasteiger partial charge in [-0.25, -0.2) is 0 Å². The lowest BCUT2D eigenvalue weighted by molar-refractivity contribution is -0.118. The molecule has 9 heteroatoms. The van der Waals surface area contributed by atoms with E-state index in [4.69, 9.17) is 30.5 Å². The van der Waals surface area contributed by atoms with E-state index in [0.717, 1.165) is 5.56 Å². The Labute approximate surface area is 243 Å². The van der Waals surface area contributed by atoms with Crippen LogP contribution in [0.5, 0.6) is 23.0 Å². The third-order valence-electron chi connectivity index (χ3n) is 7.16. The van der Waals surface area contributed by atoms with Gasteiger partial charge in [0.05, 0.1) is 51.1 Å². The molecule has 0 spiro atoms. The standard InChI is InChI=1S/C32H29ClN2O6/c1-38-21-13-9-19(10-14-21)30-29(31(36)34-26-17-25(33)27(40-3)18-28(26)41-4)23-7-5-6-8-24(23)32(37)35(30)20-11-15-22(39-2)16-12-20/h5-18,29-30H,1-4H3,(H,34,36). The zero-order chi connectivity index (χ0) is 29.1. The van der Waals surface area contributed by atoms with E-state index in [1.807, 2.05) is 48.5 Å². The van der Waals surface area contributed by atoms with Gasteiger partial charge in [0.25, 0.3) is 5.91 Å². The molecule has 0 fully saturated rings. The van der Waals surface area contributed by atoms with Crippen molar-refractivity contribution >= 4 is 34.8 Å². The molecule has 0 bridgehead atoms. The summed E-state index contributed by atoms with van der Waals surface area (Å²) in [5.41, 5.74) is 2.80. The molecule has 1 N–H and O–H groups in total. The second-order valence-electron chi connectivity index (χ2n) is 9.33. The van der Waals surface area contributed by atoms with Crippen LogP contribution in [0.25, 0.3) is 0 Å². The van der Waals surface area contributed by atoms with E-state index in [1.165, 1.54) is 14.2 Å². The zero-order valence-electron chi connectivity index (χ0n) is 23.0. The summed E-state index contributed by atoms with van der Waals surface area (Å²) in [5, 5.41) is 3.32. The average Bonchev–Trinajstić information content (AvgIpc) is 3.01. The minimum absolute atomic E-state index is 0.222. The number of nitrogens with zero attached hydrogens (tertiary/aromatic N) is 1. The molecule has 2 amide bonds. The summed E-state index contributed by atoms with van der Waals surface area (Å²) in [6, 6.07) is 24.2. The van der Waals surface area contributed by atoms with Gasteiger partial charge in [0.15, 0.2) is 0 Å². The highest BCUT2D eigenvalue weighted by molar-refractivity contribution is 6.32.